The fourth-order valence-electron chi connectivity index (χ4n) is 0. The summed E-state index contributed by atoms with van der Waals surface area (Å²) in [6.45, 7) is 0. The maximum absolute atomic E-state index is 8.59. The predicted octanol–water partition coefficient (Wildman–Crippen LogP) is -5.24. The molecule has 0 unspecified atom stereocenters. The zero-order valence-corrected chi connectivity index (χ0v) is 8.09. The summed E-state index contributed by atoms with van der Waals surface area (Å²) in [6, 6.07) is 0. The second-order valence-electron chi connectivity index (χ2n) is 0.816. The molecule has 0 rings (SSSR count). The van der Waals surface area contributed by atoms with Gasteiger partial charge >= 0.3 is 76.1 Å². The fraction of sp³-hybridized carbons (Fsp3) is 0. The van der Waals surface area contributed by atoms with Gasteiger partial charge in [-0.2, -0.15) is 0 Å². The van der Waals surface area contributed by atoms with Crippen LogP contribution >= 0.6 is 0 Å². The van der Waals surface area contributed by atoms with Crippen LogP contribution in [-0.4, -0.2) is 0 Å². The van der Waals surface area contributed by atoms with Gasteiger partial charge < -0.3 is 0 Å². The Hall–Kier alpha value is 0.624. The van der Waals surface area contributed by atoms with Crippen molar-refractivity contribution in [1.82, 2.24) is 0 Å². The van der Waals surface area contributed by atoms with Gasteiger partial charge in [-0.1, -0.05) is 0 Å². The SMILES string of the molecule is [Fe+4].[O]=[Cr](=[O])([O-])[O-].[O]=[Cr](=[O])([O-])[O-]. The Morgan fingerprint density at radius 1 is 0.636 bits per heavy atom. The van der Waals surface area contributed by atoms with Crippen LogP contribution < -0.4 is 16.6 Å². The van der Waals surface area contributed by atoms with Gasteiger partial charge in [0, 0.05) is 0 Å². The molecule has 11 heavy (non-hydrogen) atoms. The Morgan fingerprint density at radius 3 is 0.636 bits per heavy atom. The monoisotopic (exact) mass is 288 g/mol. The van der Waals surface area contributed by atoms with Crippen molar-refractivity contribution in [2.75, 3.05) is 0 Å². The normalized spacial score (nSPS) is 10.5. The van der Waals surface area contributed by atoms with Crippen LogP contribution in [0.3, 0.4) is 0 Å². The first kappa shape index (κ1) is 17.6. The van der Waals surface area contributed by atoms with Gasteiger partial charge in [0.1, 0.15) is 0 Å². The molecule has 0 saturated carbocycles. The number of hydrogen-bond donors (Lipinski definition) is 0. The first-order valence-electron chi connectivity index (χ1n) is 1.33. The molecule has 0 aromatic carbocycles. The Balaban J connectivity index is -0.000000107. The van der Waals surface area contributed by atoms with E-state index in [0.717, 1.165) is 0 Å². The van der Waals surface area contributed by atoms with E-state index < -0.39 is 27.2 Å². The molecule has 0 radical (unpaired) electrons. The number of hydrogen-bond acceptors (Lipinski definition) is 8. The van der Waals surface area contributed by atoms with E-state index in [1.54, 1.807) is 0 Å². The molecule has 8 nitrogen and oxygen atoms in total. The van der Waals surface area contributed by atoms with Crippen molar-refractivity contribution in [3.8, 4) is 0 Å². The third-order valence-electron chi connectivity index (χ3n) is 0. The van der Waals surface area contributed by atoms with E-state index >= 15 is 0 Å². The van der Waals surface area contributed by atoms with Crippen LogP contribution in [0.25, 0.3) is 0 Å². The number of rotatable bonds is 0. The Labute approximate surface area is 76.1 Å². The molecule has 0 aromatic heterocycles. The van der Waals surface area contributed by atoms with Crippen LogP contribution in [0, 0.1) is 0 Å². The van der Waals surface area contributed by atoms with Crippen molar-refractivity contribution in [1.29, 1.82) is 0 Å². The molecule has 0 saturated heterocycles. The molecule has 0 aliphatic rings. The van der Waals surface area contributed by atoms with Crippen LogP contribution in [-0.2, 0) is 59.5 Å². The van der Waals surface area contributed by atoms with Gasteiger partial charge in [-0.05, 0) is 0 Å². The summed E-state index contributed by atoms with van der Waals surface area (Å²) in [6.07, 6.45) is 0. The predicted molar refractivity (Wildman–Crippen MR) is 2.75 cm³/mol. The minimum absolute atomic E-state index is 0. The third-order valence-corrected chi connectivity index (χ3v) is 0. The van der Waals surface area contributed by atoms with Crippen LogP contribution in [0.2, 0.25) is 0 Å². The molecule has 0 atom stereocenters. The summed E-state index contributed by atoms with van der Waals surface area (Å²) in [7, 11) is 0. The van der Waals surface area contributed by atoms with Crippen molar-refractivity contribution < 1.29 is 76.1 Å². The molecule has 0 amide bonds. The van der Waals surface area contributed by atoms with Crippen LogP contribution in [0.4, 0.5) is 0 Å². The van der Waals surface area contributed by atoms with Gasteiger partial charge in [0.05, 0.1) is 0 Å². The van der Waals surface area contributed by atoms with E-state index in [2.05, 4.69) is 0 Å². The average molecular weight is 288 g/mol. The van der Waals surface area contributed by atoms with Gasteiger partial charge in [-0.15, -0.1) is 0 Å². The molecule has 0 aliphatic carbocycles. The first-order chi connectivity index (χ1) is 4.00. The van der Waals surface area contributed by atoms with Crippen molar-refractivity contribution in [2.24, 2.45) is 0 Å². The van der Waals surface area contributed by atoms with Crippen LogP contribution in [0.15, 0.2) is 0 Å². The summed E-state index contributed by atoms with van der Waals surface area (Å²) < 4.78 is 68.8. The summed E-state index contributed by atoms with van der Waals surface area (Å²) >= 11 is -11.5. The standard InChI is InChI=1S/2Cr.Fe.8O/q;;+4;;;;;4*-1. The second kappa shape index (κ2) is 6.17. The minimum atomic E-state index is -5.75. The van der Waals surface area contributed by atoms with Crippen molar-refractivity contribution in [2.45, 2.75) is 0 Å². The molecule has 0 heterocycles. The van der Waals surface area contributed by atoms with Gasteiger partial charge in [0.15, 0.2) is 0 Å². The van der Waals surface area contributed by atoms with Crippen molar-refractivity contribution >= 4 is 0 Å². The summed E-state index contributed by atoms with van der Waals surface area (Å²) in [5, 5.41) is 0. The quantitative estimate of drug-likeness (QED) is 0.399. The van der Waals surface area contributed by atoms with E-state index in [1.807, 2.05) is 0 Å². The van der Waals surface area contributed by atoms with Crippen molar-refractivity contribution in [3.05, 3.63) is 0 Å². The Morgan fingerprint density at radius 2 is 0.636 bits per heavy atom. The molecule has 0 spiro atoms. The molecule has 0 aromatic rings. The van der Waals surface area contributed by atoms with E-state index in [0.29, 0.717) is 0 Å². The molecular formula is Cr2FeO8. The Kier molecular flexibility index (Phi) is 9.90. The first-order valence-corrected chi connectivity index (χ1v) is 5.50. The molecular weight excluding hydrogens is 288 g/mol. The van der Waals surface area contributed by atoms with E-state index in [1.165, 1.54) is 0 Å². The third kappa shape index (κ3) is 2030. The topological polar surface area (TPSA) is 161 Å². The zero-order chi connectivity index (χ0) is 9.00. The summed E-state index contributed by atoms with van der Waals surface area (Å²) in [4.78, 5) is 0. The zero-order valence-electron chi connectivity index (χ0n) is 4.44. The van der Waals surface area contributed by atoms with E-state index in [4.69, 9.17) is 31.8 Å². The molecule has 0 N–H and O–H groups in total. The van der Waals surface area contributed by atoms with Crippen molar-refractivity contribution in [3.63, 3.8) is 0 Å². The average Bonchev–Trinajstić information content (AvgIpc) is 1.12. The molecule has 0 aliphatic heterocycles. The van der Waals surface area contributed by atoms with E-state index in [-0.39, 0.29) is 17.1 Å². The van der Waals surface area contributed by atoms with Crippen LogP contribution in [0.5, 0.6) is 0 Å². The van der Waals surface area contributed by atoms with Gasteiger partial charge in [0.2, 0.25) is 0 Å². The Bertz CT molecular complexity index is 208. The van der Waals surface area contributed by atoms with Crippen LogP contribution in [0.1, 0.15) is 0 Å². The molecule has 11 heteroatoms. The summed E-state index contributed by atoms with van der Waals surface area (Å²) in [5.74, 6) is 0. The fourth-order valence-corrected chi connectivity index (χ4v) is 0. The molecule has 0 bridgehead atoms. The maximum atomic E-state index is 8.59. The molecule has 68 valence electrons. The van der Waals surface area contributed by atoms with E-state index in [9.17, 15) is 0 Å². The second-order valence-corrected chi connectivity index (χ2v) is 3.37. The van der Waals surface area contributed by atoms with Gasteiger partial charge in [-0.3, -0.25) is 0 Å². The molecule has 0 fully saturated rings. The van der Waals surface area contributed by atoms with Gasteiger partial charge in [-0.25, -0.2) is 0 Å². The summed E-state index contributed by atoms with van der Waals surface area (Å²) in [5.41, 5.74) is 0. The van der Waals surface area contributed by atoms with Gasteiger partial charge in [0.25, 0.3) is 0 Å².